The minimum absolute atomic E-state index is 0.319. The predicted octanol–water partition coefficient (Wildman–Crippen LogP) is 4.42. The highest BCUT2D eigenvalue weighted by atomic mass is 16.5. The molecule has 19 heavy (non-hydrogen) atoms. The molecule has 0 spiro atoms. The molecule has 0 aromatic heterocycles. The molecule has 1 rings (SSSR count). The fourth-order valence-electron chi connectivity index (χ4n) is 1.92. The summed E-state index contributed by atoms with van der Waals surface area (Å²) >= 11 is 0. The lowest BCUT2D eigenvalue weighted by Gasteiger charge is -2.32. The van der Waals surface area contributed by atoms with Crippen molar-refractivity contribution in [3.8, 4) is 5.75 Å². The number of hydrogen-bond acceptors (Lipinski definition) is 2. The smallest absolute Gasteiger partial charge is 0.118 e. The number of hydrogen-bond donors (Lipinski definition) is 1. The largest absolute Gasteiger partial charge is 0.497 e. The zero-order chi connectivity index (χ0) is 14.5. The highest BCUT2D eigenvalue weighted by molar-refractivity contribution is 5.29. The van der Waals surface area contributed by atoms with Crippen molar-refractivity contribution >= 4 is 0 Å². The van der Waals surface area contributed by atoms with E-state index < -0.39 is 0 Å². The zero-order valence-electron chi connectivity index (χ0n) is 13.3. The Balaban J connectivity index is 2.67. The molecule has 0 bridgehead atoms. The average molecular weight is 263 g/mol. The molecule has 0 fully saturated rings. The average Bonchev–Trinajstić information content (AvgIpc) is 2.40. The summed E-state index contributed by atoms with van der Waals surface area (Å²) in [4.78, 5) is 0. The Labute approximate surface area is 118 Å². The topological polar surface area (TPSA) is 21.3 Å². The Bertz CT molecular complexity index is 367. The minimum atomic E-state index is 0.319. The molecule has 0 heterocycles. The van der Waals surface area contributed by atoms with Gasteiger partial charge >= 0.3 is 0 Å². The van der Waals surface area contributed by atoms with E-state index in [2.05, 4.69) is 52.1 Å². The van der Waals surface area contributed by atoms with E-state index in [0.717, 1.165) is 18.7 Å². The summed E-state index contributed by atoms with van der Waals surface area (Å²) in [5, 5.41) is 3.70. The van der Waals surface area contributed by atoms with Crippen molar-refractivity contribution in [2.45, 2.75) is 47.1 Å². The molecule has 2 heteroatoms. The van der Waals surface area contributed by atoms with Gasteiger partial charge in [-0.25, -0.2) is 0 Å². The van der Waals surface area contributed by atoms with Crippen molar-refractivity contribution in [1.82, 2.24) is 5.32 Å². The van der Waals surface area contributed by atoms with Crippen LogP contribution < -0.4 is 10.1 Å². The van der Waals surface area contributed by atoms with Crippen LogP contribution in [0.1, 0.15) is 52.6 Å². The van der Waals surface area contributed by atoms with E-state index in [-0.39, 0.29) is 0 Å². The molecule has 0 saturated heterocycles. The van der Waals surface area contributed by atoms with Gasteiger partial charge in [-0.1, -0.05) is 46.8 Å². The molecule has 1 atom stereocenters. The Hall–Kier alpha value is -1.02. The fraction of sp³-hybridized carbons (Fsp3) is 0.647. The molecule has 108 valence electrons. The van der Waals surface area contributed by atoms with Gasteiger partial charge in [-0.2, -0.15) is 0 Å². The molecule has 1 N–H and O–H groups in total. The van der Waals surface area contributed by atoms with E-state index in [9.17, 15) is 0 Å². The van der Waals surface area contributed by atoms with Crippen molar-refractivity contribution in [2.24, 2.45) is 11.3 Å². The van der Waals surface area contributed by atoms with Gasteiger partial charge in [0.25, 0.3) is 0 Å². The zero-order valence-corrected chi connectivity index (χ0v) is 13.3. The highest BCUT2D eigenvalue weighted by Gasteiger charge is 2.23. The van der Waals surface area contributed by atoms with E-state index in [1.807, 2.05) is 12.1 Å². The first kappa shape index (κ1) is 16.0. The summed E-state index contributed by atoms with van der Waals surface area (Å²) in [6, 6.07) is 8.80. The number of benzene rings is 1. The van der Waals surface area contributed by atoms with Crippen LogP contribution in [0.5, 0.6) is 5.75 Å². The Morgan fingerprint density at radius 3 is 2.16 bits per heavy atom. The maximum absolute atomic E-state index is 5.21. The first-order valence-electron chi connectivity index (χ1n) is 7.28. The second-order valence-corrected chi connectivity index (χ2v) is 6.26. The van der Waals surface area contributed by atoms with E-state index >= 15 is 0 Å². The molecule has 0 saturated carbocycles. The standard InChI is InChI=1S/C17H29NO/c1-7-16(18-12-17(4,5)13(2)3)14-8-10-15(19-6)11-9-14/h8-11,13,16,18H,7,12H2,1-6H3. The lowest BCUT2D eigenvalue weighted by Crippen LogP contribution is -2.35. The van der Waals surface area contributed by atoms with Gasteiger partial charge in [0.15, 0.2) is 0 Å². The lowest BCUT2D eigenvalue weighted by molar-refractivity contribution is 0.227. The predicted molar refractivity (Wildman–Crippen MR) is 82.6 cm³/mol. The summed E-state index contributed by atoms with van der Waals surface area (Å²) in [5.41, 5.74) is 1.66. The van der Waals surface area contributed by atoms with Crippen LogP contribution in [0.4, 0.5) is 0 Å². The third-order valence-electron chi connectivity index (χ3n) is 4.29. The first-order chi connectivity index (χ1) is 8.90. The molecule has 0 amide bonds. The van der Waals surface area contributed by atoms with Gasteiger partial charge in [0.2, 0.25) is 0 Å². The SMILES string of the molecule is CCC(NCC(C)(C)C(C)C)c1ccc(OC)cc1. The first-order valence-corrected chi connectivity index (χ1v) is 7.28. The van der Waals surface area contributed by atoms with Gasteiger partial charge in [-0.05, 0) is 35.4 Å². The van der Waals surface area contributed by atoms with Gasteiger partial charge in [0.1, 0.15) is 5.75 Å². The van der Waals surface area contributed by atoms with Gasteiger partial charge < -0.3 is 10.1 Å². The molecule has 0 aliphatic carbocycles. The van der Waals surface area contributed by atoms with E-state index in [4.69, 9.17) is 4.74 Å². The third kappa shape index (κ3) is 4.54. The number of methoxy groups -OCH3 is 1. The van der Waals surface area contributed by atoms with E-state index in [1.165, 1.54) is 5.56 Å². The van der Waals surface area contributed by atoms with E-state index in [0.29, 0.717) is 17.4 Å². The van der Waals surface area contributed by atoms with Crippen molar-refractivity contribution in [1.29, 1.82) is 0 Å². The Kier molecular flexibility index (Phi) is 5.86. The van der Waals surface area contributed by atoms with Crippen LogP contribution in [0.2, 0.25) is 0 Å². The fourth-order valence-corrected chi connectivity index (χ4v) is 1.92. The van der Waals surface area contributed by atoms with Crippen LogP contribution in [-0.4, -0.2) is 13.7 Å². The monoisotopic (exact) mass is 263 g/mol. The second-order valence-electron chi connectivity index (χ2n) is 6.26. The number of nitrogens with one attached hydrogen (secondary N) is 1. The van der Waals surface area contributed by atoms with Gasteiger partial charge in [-0.15, -0.1) is 0 Å². The summed E-state index contributed by atoms with van der Waals surface area (Å²) < 4.78 is 5.21. The maximum Gasteiger partial charge on any atom is 0.118 e. The minimum Gasteiger partial charge on any atom is -0.497 e. The highest BCUT2D eigenvalue weighted by Crippen LogP contribution is 2.27. The lowest BCUT2D eigenvalue weighted by atomic mass is 9.81. The van der Waals surface area contributed by atoms with Gasteiger partial charge in [-0.3, -0.25) is 0 Å². The normalized spacial score (nSPS) is 13.6. The second kappa shape index (κ2) is 6.95. The third-order valence-corrected chi connectivity index (χ3v) is 4.29. The Morgan fingerprint density at radius 2 is 1.74 bits per heavy atom. The van der Waals surface area contributed by atoms with Crippen LogP contribution in [0.15, 0.2) is 24.3 Å². The number of ether oxygens (including phenoxy) is 1. The van der Waals surface area contributed by atoms with Crippen molar-refractivity contribution in [3.05, 3.63) is 29.8 Å². The van der Waals surface area contributed by atoms with Crippen molar-refractivity contribution in [3.63, 3.8) is 0 Å². The van der Waals surface area contributed by atoms with Gasteiger partial charge in [0, 0.05) is 12.6 Å². The molecule has 1 aromatic rings. The summed E-state index contributed by atoms with van der Waals surface area (Å²) in [6.07, 6.45) is 1.10. The van der Waals surface area contributed by atoms with Crippen molar-refractivity contribution in [2.75, 3.05) is 13.7 Å². The van der Waals surface area contributed by atoms with Gasteiger partial charge in [0.05, 0.1) is 7.11 Å². The Morgan fingerprint density at radius 1 is 1.16 bits per heavy atom. The molecule has 1 unspecified atom stereocenters. The molecule has 1 aromatic carbocycles. The molecule has 0 radical (unpaired) electrons. The maximum atomic E-state index is 5.21. The molecule has 2 nitrogen and oxygen atoms in total. The number of rotatable bonds is 7. The quantitative estimate of drug-likeness (QED) is 0.786. The molecular formula is C17H29NO. The molecule has 0 aliphatic heterocycles. The van der Waals surface area contributed by atoms with Crippen LogP contribution in [0.25, 0.3) is 0 Å². The van der Waals surface area contributed by atoms with Crippen LogP contribution >= 0.6 is 0 Å². The summed E-state index contributed by atoms with van der Waals surface area (Å²) in [6.45, 7) is 12.5. The molecular weight excluding hydrogens is 234 g/mol. The van der Waals surface area contributed by atoms with Crippen LogP contribution in [-0.2, 0) is 0 Å². The van der Waals surface area contributed by atoms with Crippen molar-refractivity contribution < 1.29 is 4.74 Å². The molecule has 0 aliphatic rings. The summed E-state index contributed by atoms with van der Waals surface area (Å²) in [5.74, 6) is 1.59. The van der Waals surface area contributed by atoms with Crippen LogP contribution in [0, 0.1) is 11.3 Å². The van der Waals surface area contributed by atoms with Crippen LogP contribution in [0.3, 0.4) is 0 Å². The summed E-state index contributed by atoms with van der Waals surface area (Å²) in [7, 11) is 1.70. The van der Waals surface area contributed by atoms with E-state index in [1.54, 1.807) is 7.11 Å².